The number of carbonyl (C=O) groups excluding carboxylic acids is 1. The first-order valence-electron chi connectivity index (χ1n) is 6.77. The molecule has 0 unspecified atom stereocenters. The highest BCUT2D eigenvalue weighted by molar-refractivity contribution is 5.72. The molecule has 0 N–H and O–H groups in total. The Balaban J connectivity index is 2.23. The standard InChI is InChI=1S/C14H27NO2/c1-14(2,3)17-13(16)11-15(4)10-12-8-6-5-7-9-12/h12H,5-11H2,1-4H3. The number of hydrogen-bond donors (Lipinski definition) is 0. The van der Waals surface area contributed by atoms with Gasteiger partial charge in [-0.1, -0.05) is 19.3 Å². The van der Waals surface area contributed by atoms with E-state index in [1.807, 2.05) is 27.8 Å². The van der Waals surface area contributed by atoms with Gasteiger partial charge in [-0.3, -0.25) is 9.69 Å². The zero-order valence-electron chi connectivity index (χ0n) is 11.8. The molecule has 0 saturated heterocycles. The second kappa shape index (κ2) is 6.39. The van der Waals surface area contributed by atoms with Gasteiger partial charge < -0.3 is 4.74 Å². The van der Waals surface area contributed by atoms with Crippen molar-refractivity contribution >= 4 is 5.97 Å². The van der Waals surface area contributed by atoms with Gasteiger partial charge in [0.25, 0.3) is 0 Å². The highest BCUT2D eigenvalue weighted by Crippen LogP contribution is 2.24. The first-order chi connectivity index (χ1) is 7.87. The highest BCUT2D eigenvalue weighted by atomic mass is 16.6. The molecule has 0 aliphatic heterocycles. The van der Waals surface area contributed by atoms with Crippen molar-refractivity contribution in [1.29, 1.82) is 0 Å². The first kappa shape index (κ1) is 14.5. The van der Waals surface area contributed by atoms with Crippen molar-refractivity contribution in [2.45, 2.75) is 58.5 Å². The van der Waals surface area contributed by atoms with Gasteiger partial charge in [-0.05, 0) is 46.6 Å². The molecule has 0 aromatic rings. The number of rotatable bonds is 4. The van der Waals surface area contributed by atoms with Crippen LogP contribution < -0.4 is 0 Å². The van der Waals surface area contributed by atoms with Crippen LogP contribution in [0, 0.1) is 5.92 Å². The van der Waals surface area contributed by atoms with E-state index in [9.17, 15) is 4.79 Å². The minimum absolute atomic E-state index is 0.115. The van der Waals surface area contributed by atoms with Crippen molar-refractivity contribution in [1.82, 2.24) is 4.90 Å². The van der Waals surface area contributed by atoms with Crippen molar-refractivity contribution in [3.63, 3.8) is 0 Å². The van der Waals surface area contributed by atoms with E-state index in [4.69, 9.17) is 4.74 Å². The maximum absolute atomic E-state index is 11.6. The normalized spacial score (nSPS) is 18.4. The van der Waals surface area contributed by atoms with Crippen molar-refractivity contribution in [3.8, 4) is 0 Å². The van der Waals surface area contributed by atoms with Crippen molar-refractivity contribution in [2.24, 2.45) is 5.92 Å². The lowest BCUT2D eigenvalue weighted by Gasteiger charge is -2.27. The fourth-order valence-corrected chi connectivity index (χ4v) is 2.47. The van der Waals surface area contributed by atoms with Crippen LogP contribution in [0.1, 0.15) is 52.9 Å². The zero-order valence-corrected chi connectivity index (χ0v) is 11.8. The molecular formula is C14H27NO2. The summed E-state index contributed by atoms with van der Waals surface area (Å²) in [5.41, 5.74) is -0.372. The van der Waals surface area contributed by atoms with Crippen LogP contribution >= 0.6 is 0 Å². The number of likely N-dealkylation sites (N-methyl/N-ethyl adjacent to an activating group) is 1. The van der Waals surface area contributed by atoms with Gasteiger partial charge in [-0.25, -0.2) is 0 Å². The number of hydrogen-bond acceptors (Lipinski definition) is 3. The summed E-state index contributed by atoms with van der Waals surface area (Å²) in [5.74, 6) is 0.659. The predicted molar refractivity (Wildman–Crippen MR) is 69.9 cm³/mol. The molecule has 17 heavy (non-hydrogen) atoms. The average molecular weight is 241 g/mol. The number of esters is 1. The fraction of sp³-hybridized carbons (Fsp3) is 0.929. The first-order valence-corrected chi connectivity index (χ1v) is 6.77. The summed E-state index contributed by atoms with van der Waals surface area (Å²) in [7, 11) is 2.01. The van der Waals surface area contributed by atoms with Crippen LogP contribution in [0.3, 0.4) is 0 Å². The molecule has 1 fully saturated rings. The molecule has 0 spiro atoms. The van der Waals surface area contributed by atoms with E-state index in [0.29, 0.717) is 6.54 Å². The molecule has 0 amide bonds. The van der Waals surface area contributed by atoms with E-state index >= 15 is 0 Å². The quantitative estimate of drug-likeness (QED) is 0.709. The largest absolute Gasteiger partial charge is 0.459 e. The molecule has 0 aromatic heterocycles. The van der Waals surface area contributed by atoms with E-state index < -0.39 is 0 Å². The van der Waals surface area contributed by atoms with E-state index in [2.05, 4.69) is 4.90 Å². The van der Waals surface area contributed by atoms with Gasteiger partial charge in [0.15, 0.2) is 0 Å². The van der Waals surface area contributed by atoms with Gasteiger partial charge >= 0.3 is 5.97 Å². The Morgan fingerprint density at radius 3 is 2.35 bits per heavy atom. The van der Waals surface area contributed by atoms with Gasteiger partial charge in [0.05, 0.1) is 6.54 Å². The molecule has 0 radical (unpaired) electrons. The maximum Gasteiger partial charge on any atom is 0.320 e. The van der Waals surface area contributed by atoms with E-state index in [0.717, 1.165) is 12.5 Å². The monoisotopic (exact) mass is 241 g/mol. The Labute approximate surface area is 106 Å². The van der Waals surface area contributed by atoms with Crippen LogP contribution in [-0.4, -0.2) is 36.6 Å². The number of carbonyl (C=O) groups is 1. The molecule has 3 heteroatoms. The second-order valence-electron chi connectivity index (χ2n) is 6.29. The Morgan fingerprint density at radius 2 is 1.82 bits per heavy atom. The van der Waals surface area contributed by atoms with Crippen LogP contribution in [0.5, 0.6) is 0 Å². The molecule has 100 valence electrons. The SMILES string of the molecule is CN(CC(=O)OC(C)(C)C)CC1CCCCC1. The van der Waals surface area contributed by atoms with Crippen LogP contribution in [-0.2, 0) is 9.53 Å². The van der Waals surface area contributed by atoms with Crippen molar-refractivity contribution < 1.29 is 9.53 Å². The fourth-order valence-electron chi connectivity index (χ4n) is 2.47. The van der Waals surface area contributed by atoms with E-state index in [1.54, 1.807) is 0 Å². The maximum atomic E-state index is 11.6. The van der Waals surface area contributed by atoms with Gasteiger partial charge in [0.2, 0.25) is 0 Å². The van der Waals surface area contributed by atoms with Gasteiger partial charge in [-0.2, -0.15) is 0 Å². The molecule has 1 rings (SSSR count). The van der Waals surface area contributed by atoms with Crippen LogP contribution in [0.2, 0.25) is 0 Å². The van der Waals surface area contributed by atoms with E-state index in [-0.39, 0.29) is 11.6 Å². The second-order valence-corrected chi connectivity index (χ2v) is 6.29. The Bertz CT molecular complexity index is 239. The lowest BCUT2D eigenvalue weighted by molar-refractivity contribution is -0.155. The molecule has 0 bridgehead atoms. The minimum Gasteiger partial charge on any atom is -0.459 e. The smallest absolute Gasteiger partial charge is 0.320 e. The number of ether oxygens (including phenoxy) is 1. The molecule has 0 heterocycles. The Hall–Kier alpha value is -0.570. The molecule has 3 nitrogen and oxygen atoms in total. The lowest BCUT2D eigenvalue weighted by atomic mass is 9.89. The van der Waals surface area contributed by atoms with Crippen LogP contribution in [0.4, 0.5) is 0 Å². The molecule has 1 aliphatic carbocycles. The summed E-state index contributed by atoms with van der Waals surface area (Å²) in [4.78, 5) is 13.7. The zero-order chi connectivity index (χ0) is 12.9. The summed E-state index contributed by atoms with van der Waals surface area (Å²) < 4.78 is 5.32. The van der Waals surface area contributed by atoms with Crippen molar-refractivity contribution in [3.05, 3.63) is 0 Å². The van der Waals surface area contributed by atoms with Gasteiger partial charge in [0.1, 0.15) is 5.60 Å². The van der Waals surface area contributed by atoms with Crippen LogP contribution in [0.15, 0.2) is 0 Å². The Kier molecular flexibility index (Phi) is 5.44. The minimum atomic E-state index is -0.372. The van der Waals surface area contributed by atoms with Gasteiger partial charge in [-0.15, -0.1) is 0 Å². The molecule has 1 aliphatic rings. The molecule has 0 atom stereocenters. The molecular weight excluding hydrogens is 214 g/mol. The van der Waals surface area contributed by atoms with E-state index in [1.165, 1.54) is 32.1 Å². The molecule has 1 saturated carbocycles. The highest BCUT2D eigenvalue weighted by Gasteiger charge is 2.20. The summed E-state index contributed by atoms with van der Waals surface area (Å²) in [5, 5.41) is 0. The summed E-state index contributed by atoms with van der Waals surface area (Å²) in [6.07, 6.45) is 6.72. The third-order valence-corrected chi connectivity index (χ3v) is 3.11. The topological polar surface area (TPSA) is 29.5 Å². The van der Waals surface area contributed by atoms with Crippen LogP contribution in [0.25, 0.3) is 0 Å². The predicted octanol–water partition coefficient (Wildman–Crippen LogP) is 2.84. The third-order valence-electron chi connectivity index (χ3n) is 3.11. The summed E-state index contributed by atoms with van der Waals surface area (Å²) in [6.45, 7) is 7.16. The lowest BCUT2D eigenvalue weighted by Crippen LogP contribution is -2.35. The molecule has 0 aromatic carbocycles. The average Bonchev–Trinajstić information content (AvgIpc) is 2.15. The Morgan fingerprint density at radius 1 is 1.24 bits per heavy atom. The summed E-state index contributed by atoms with van der Waals surface area (Å²) >= 11 is 0. The van der Waals surface area contributed by atoms with Crippen molar-refractivity contribution in [2.75, 3.05) is 20.1 Å². The number of nitrogens with zero attached hydrogens (tertiary/aromatic N) is 1. The summed E-state index contributed by atoms with van der Waals surface area (Å²) in [6, 6.07) is 0. The van der Waals surface area contributed by atoms with Gasteiger partial charge in [0, 0.05) is 6.54 Å². The third kappa shape index (κ3) is 6.67.